The molecule has 1 radical (unpaired) electrons. The van der Waals surface area contributed by atoms with Gasteiger partial charge in [-0.3, -0.25) is 0 Å². The van der Waals surface area contributed by atoms with Crippen LogP contribution in [0.1, 0.15) is 31.9 Å². The van der Waals surface area contributed by atoms with Gasteiger partial charge in [0.2, 0.25) is 0 Å². The molecule has 0 fully saturated rings. The van der Waals surface area contributed by atoms with Gasteiger partial charge in [-0.2, -0.15) is 11.5 Å². The van der Waals surface area contributed by atoms with Crippen molar-refractivity contribution in [3.8, 4) is 11.1 Å². The molecule has 1 heteroatoms. The molecule has 3 aromatic rings. The maximum atomic E-state index is 2.34. The Labute approximate surface area is 157 Å². The minimum Gasteiger partial charge on any atom is -0.173 e. The first-order chi connectivity index (χ1) is 10.1. The van der Waals surface area contributed by atoms with E-state index in [0.717, 1.165) is 0 Å². The van der Waals surface area contributed by atoms with Crippen molar-refractivity contribution in [2.45, 2.75) is 26.2 Å². The number of hydrogen-bond donors (Lipinski definition) is 0. The first-order valence-electron chi connectivity index (χ1n) is 7.57. The second kappa shape index (κ2) is 5.51. The third-order valence-corrected chi connectivity index (χ3v) is 5.13. The van der Waals surface area contributed by atoms with Crippen molar-refractivity contribution in [3.63, 3.8) is 0 Å². The first kappa shape index (κ1) is 15.8. The van der Waals surface area contributed by atoms with E-state index in [4.69, 9.17) is 0 Å². The Morgan fingerprint density at radius 2 is 1.45 bits per heavy atom. The zero-order valence-electron chi connectivity index (χ0n) is 13.4. The summed E-state index contributed by atoms with van der Waals surface area (Å²) in [6, 6.07) is 22.1. The molecule has 22 heavy (non-hydrogen) atoms. The molecule has 0 nitrogen and oxygen atoms in total. The van der Waals surface area contributed by atoms with Gasteiger partial charge in [0.15, 0.2) is 0 Å². The normalized spacial score (nSPS) is 15.0. The fourth-order valence-electron chi connectivity index (χ4n) is 3.68. The Hall–Kier alpha value is -1.11. The van der Waals surface area contributed by atoms with E-state index in [9.17, 15) is 0 Å². The van der Waals surface area contributed by atoms with E-state index >= 15 is 0 Å². The summed E-state index contributed by atoms with van der Waals surface area (Å²) in [5.74, 6) is 1.47. The molecule has 107 valence electrons. The van der Waals surface area contributed by atoms with Gasteiger partial charge in [-0.25, -0.2) is 0 Å². The van der Waals surface area contributed by atoms with Crippen LogP contribution in [-0.2, 0) is 38.1 Å². The minimum atomic E-state index is 0. The SMILES string of the molecule is C[C-]1c2c(ccc3ccccc23)-c2ccccc2C1(C)C.[Y]. The number of rotatable bonds is 0. The molecule has 4 rings (SSSR count). The summed E-state index contributed by atoms with van der Waals surface area (Å²) in [6.45, 7) is 6.97. The van der Waals surface area contributed by atoms with E-state index < -0.39 is 0 Å². The van der Waals surface area contributed by atoms with Gasteiger partial charge in [0, 0.05) is 32.7 Å². The summed E-state index contributed by atoms with van der Waals surface area (Å²) >= 11 is 0. The molecular weight excluding hydrogens is 341 g/mol. The monoisotopic (exact) mass is 360 g/mol. The zero-order chi connectivity index (χ0) is 14.6. The largest absolute Gasteiger partial charge is 0.173 e. The minimum absolute atomic E-state index is 0. The second-order valence-corrected chi connectivity index (χ2v) is 6.50. The number of benzene rings is 3. The molecule has 3 aromatic carbocycles. The molecular formula is C21H19Y-. The summed E-state index contributed by atoms with van der Waals surface area (Å²) in [5.41, 5.74) is 5.70. The van der Waals surface area contributed by atoms with E-state index in [1.54, 1.807) is 0 Å². The van der Waals surface area contributed by atoms with Crippen LogP contribution in [-0.4, -0.2) is 0 Å². The van der Waals surface area contributed by atoms with Crippen molar-refractivity contribution in [2.24, 2.45) is 0 Å². The van der Waals surface area contributed by atoms with Crippen LogP contribution in [0.3, 0.4) is 0 Å². The van der Waals surface area contributed by atoms with E-state index in [0.29, 0.717) is 0 Å². The Bertz CT molecular complexity index is 845. The van der Waals surface area contributed by atoms with Crippen LogP contribution in [0.4, 0.5) is 0 Å². The fourth-order valence-corrected chi connectivity index (χ4v) is 3.68. The predicted octanol–water partition coefficient (Wildman–Crippen LogP) is 5.74. The van der Waals surface area contributed by atoms with Crippen LogP contribution in [0.25, 0.3) is 21.9 Å². The van der Waals surface area contributed by atoms with Gasteiger partial charge in [0.05, 0.1) is 0 Å². The molecule has 0 amide bonds. The van der Waals surface area contributed by atoms with Gasteiger partial charge >= 0.3 is 0 Å². The fraction of sp³-hybridized carbons (Fsp3) is 0.190. The standard InChI is InChI=1S/C21H19.Y/c1-14-20-16-9-5-4-8-15(16)12-13-18(20)17-10-6-7-11-19(17)21(14,2)3;/h4-13H,1-3H3;/q-1;. The van der Waals surface area contributed by atoms with Crippen molar-refractivity contribution in [1.82, 2.24) is 0 Å². The van der Waals surface area contributed by atoms with Crippen LogP contribution in [0.5, 0.6) is 0 Å². The average Bonchev–Trinajstić information content (AvgIpc) is 2.52. The molecule has 0 atom stereocenters. The summed E-state index contributed by atoms with van der Waals surface area (Å²) < 4.78 is 0. The van der Waals surface area contributed by atoms with Crippen LogP contribution >= 0.6 is 0 Å². The Kier molecular flexibility index (Phi) is 3.95. The van der Waals surface area contributed by atoms with E-state index in [-0.39, 0.29) is 38.1 Å². The Morgan fingerprint density at radius 3 is 2.27 bits per heavy atom. The molecule has 0 spiro atoms. The maximum absolute atomic E-state index is 2.34. The molecule has 0 saturated carbocycles. The van der Waals surface area contributed by atoms with Gasteiger partial charge in [-0.15, -0.1) is 23.1 Å². The summed E-state index contributed by atoms with van der Waals surface area (Å²) in [4.78, 5) is 0. The van der Waals surface area contributed by atoms with Gasteiger partial charge in [-0.05, 0) is 5.41 Å². The molecule has 0 bridgehead atoms. The van der Waals surface area contributed by atoms with Crippen LogP contribution in [0, 0.1) is 5.92 Å². The number of fused-ring (bicyclic) bond motifs is 5. The van der Waals surface area contributed by atoms with Crippen LogP contribution in [0.2, 0.25) is 0 Å². The molecule has 1 aliphatic carbocycles. The third kappa shape index (κ3) is 2.08. The molecule has 0 aliphatic heterocycles. The predicted molar refractivity (Wildman–Crippen MR) is 90.4 cm³/mol. The van der Waals surface area contributed by atoms with E-state index in [1.807, 2.05) is 0 Å². The molecule has 0 unspecified atom stereocenters. The third-order valence-electron chi connectivity index (χ3n) is 5.13. The molecule has 1 aliphatic rings. The van der Waals surface area contributed by atoms with Crippen molar-refractivity contribution < 1.29 is 32.7 Å². The molecule has 0 heterocycles. The molecule has 0 saturated heterocycles. The summed E-state index contributed by atoms with van der Waals surface area (Å²) in [5, 5.41) is 2.70. The van der Waals surface area contributed by atoms with E-state index in [2.05, 4.69) is 81.4 Å². The van der Waals surface area contributed by atoms with Crippen LogP contribution < -0.4 is 0 Å². The molecule has 0 N–H and O–H groups in total. The summed E-state index contributed by atoms with van der Waals surface area (Å²) in [6.07, 6.45) is 0. The summed E-state index contributed by atoms with van der Waals surface area (Å²) in [7, 11) is 0. The Morgan fingerprint density at radius 1 is 0.773 bits per heavy atom. The van der Waals surface area contributed by atoms with Crippen molar-refractivity contribution in [3.05, 3.63) is 77.7 Å². The average molecular weight is 360 g/mol. The van der Waals surface area contributed by atoms with Gasteiger partial charge in [0.1, 0.15) is 0 Å². The van der Waals surface area contributed by atoms with Crippen LogP contribution in [0.15, 0.2) is 60.7 Å². The first-order valence-corrected chi connectivity index (χ1v) is 7.57. The van der Waals surface area contributed by atoms with Gasteiger partial charge in [-0.1, -0.05) is 85.8 Å². The topological polar surface area (TPSA) is 0 Å². The maximum Gasteiger partial charge on any atom is 0 e. The Balaban J connectivity index is 0.00000144. The number of hydrogen-bond acceptors (Lipinski definition) is 0. The van der Waals surface area contributed by atoms with Crippen molar-refractivity contribution in [1.29, 1.82) is 0 Å². The van der Waals surface area contributed by atoms with Crippen molar-refractivity contribution >= 4 is 10.8 Å². The van der Waals surface area contributed by atoms with Gasteiger partial charge < -0.3 is 0 Å². The van der Waals surface area contributed by atoms with Gasteiger partial charge in [0.25, 0.3) is 0 Å². The van der Waals surface area contributed by atoms with E-state index in [1.165, 1.54) is 38.9 Å². The quantitative estimate of drug-likeness (QED) is 0.449. The zero-order valence-corrected chi connectivity index (χ0v) is 16.2. The smallest absolute Gasteiger partial charge is 0 e. The van der Waals surface area contributed by atoms with Crippen molar-refractivity contribution in [2.75, 3.05) is 0 Å². The second-order valence-electron chi connectivity index (χ2n) is 6.50. The molecule has 0 aromatic heterocycles.